The summed E-state index contributed by atoms with van der Waals surface area (Å²) >= 11 is 0.142. The molecule has 3 rings (SSSR count). The van der Waals surface area contributed by atoms with Crippen LogP contribution in [-0.2, 0) is 18.1 Å². The van der Waals surface area contributed by atoms with Crippen LogP contribution in [-0.4, -0.2) is 15.4 Å². The molecule has 0 aliphatic carbocycles. The molecule has 0 atom stereocenters. The van der Waals surface area contributed by atoms with E-state index in [-0.39, 0.29) is 15.4 Å². The molecule has 0 unspecified atom stereocenters. The van der Waals surface area contributed by atoms with Gasteiger partial charge in [0, 0.05) is 0 Å². The van der Waals surface area contributed by atoms with Crippen molar-refractivity contribution >= 4 is 15.4 Å². The Bertz CT molecular complexity index is 848. The minimum atomic E-state index is 0.142. The summed E-state index contributed by atoms with van der Waals surface area (Å²) < 4.78 is 0.886. The standard InChI is InChI=1S/C25H28Ge/c1-19(2)26-18-25-12-6-11-24(17-25)16-23-10-5-9-22(15-23)14-21-8-4-7-20(3)13-21/h4-13,15,17,19H,14,16,18H2,1-3H3. The van der Waals surface area contributed by atoms with Gasteiger partial charge in [-0.05, 0) is 6.92 Å². The van der Waals surface area contributed by atoms with E-state index in [9.17, 15) is 0 Å². The van der Waals surface area contributed by atoms with Gasteiger partial charge < -0.3 is 0 Å². The van der Waals surface area contributed by atoms with Crippen molar-refractivity contribution in [3.8, 4) is 0 Å². The van der Waals surface area contributed by atoms with E-state index in [1.165, 1.54) is 38.6 Å². The fourth-order valence-corrected chi connectivity index (χ4v) is 5.13. The van der Waals surface area contributed by atoms with Crippen molar-refractivity contribution in [1.82, 2.24) is 0 Å². The molecule has 1 heteroatoms. The zero-order valence-electron chi connectivity index (χ0n) is 16.1. The van der Waals surface area contributed by atoms with E-state index in [0.717, 1.165) is 17.6 Å². The van der Waals surface area contributed by atoms with Gasteiger partial charge in [-0.15, -0.1) is 0 Å². The zero-order chi connectivity index (χ0) is 18.4. The van der Waals surface area contributed by atoms with Crippen LogP contribution in [0.5, 0.6) is 0 Å². The van der Waals surface area contributed by atoms with E-state index >= 15 is 0 Å². The van der Waals surface area contributed by atoms with Gasteiger partial charge in [-0.3, -0.25) is 0 Å². The molecule has 2 radical (unpaired) electrons. The first-order chi connectivity index (χ1) is 12.6. The van der Waals surface area contributed by atoms with Crippen molar-refractivity contribution in [2.45, 2.75) is 43.6 Å². The predicted molar refractivity (Wildman–Crippen MR) is 114 cm³/mol. The summed E-state index contributed by atoms with van der Waals surface area (Å²) in [5.74, 6) is 0. The Morgan fingerprint density at radius 1 is 0.654 bits per heavy atom. The van der Waals surface area contributed by atoms with Crippen molar-refractivity contribution in [1.29, 1.82) is 0 Å². The molecule has 0 nitrogen and oxygen atoms in total. The molecule has 3 aromatic rings. The van der Waals surface area contributed by atoms with Crippen LogP contribution < -0.4 is 0 Å². The van der Waals surface area contributed by atoms with Crippen molar-refractivity contribution in [3.63, 3.8) is 0 Å². The summed E-state index contributed by atoms with van der Waals surface area (Å²) in [6.07, 6.45) is 2.03. The zero-order valence-corrected chi connectivity index (χ0v) is 18.2. The summed E-state index contributed by atoms with van der Waals surface area (Å²) in [4.78, 5) is 0. The average molecular weight is 401 g/mol. The second kappa shape index (κ2) is 9.23. The molecule has 3 aromatic carbocycles. The van der Waals surface area contributed by atoms with Gasteiger partial charge in [-0.2, -0.15) is 0 Å². The second-order valence-electron chi connectivity index (χ2n) is 7.52. The Balaban J connectivity index is 1.69. The first kappa shape index (κ1) is 19.0. The second-order valence-corrected chi connectivity index (χ2v) is 11.5. The number of hydrogen-bond donors (Lipinski definition) is 0. The Labute approximate surface area is 165 Å². The number of aryl methyl sites for hydroxylation is 1. The van der Waals surface area contributed by atoms with Crippen LogP contribution in [0.2, 0.25) is 4.75 Å². The quantitative estimate of drug-likeness (QED) is 0.413. The van der Waals surface area contributed by atoms with Crippen molar-refractivity contribution in [3.05, 3.63) is 106 Å². The molecular formula is C25H28Ge. The molecule has 0 N–H and O–H groups in total. The van der Waals surface area contributed by atoms with Crippen LogP contribution in [0.1, 0.15) is 47.2 Å². The van der Waals surface area contributed by atoms with Gasteiger partial charge in [-0.1, -0.05) is 6.07 Å². The molecular weight excluding hydrogens is 373 g/mol. The van der Waals surface area contributed by atoms with E-state index < -0.39 is 0 Å². The molecule has 0 bridgehead atoms. The summed E-state index contributed by atoms with van der Waals surface area (Å²) in [5, 5.41) is 1.30. The van der Waals surface area contributed by atoms with Gasteiger partial charge in [0.15, 0.2) is 0 Å². The van der Waals surface area contributed by atoms with Gasteiger partial charge in [0.2, 0.25) is 0 Å². The minimum absolute atomic E-state index is 0.142. The maximum atomic E-state index is 2.42. The number of benzene rings is 3. The SMILES string of the molecule is Cc1cccc(Cc2cccc(Cc3cccc([CH2][Ge][CH](C)C)c3)c2)c1. The van der Waals surface area contributed by atoms with Gasteiger partial charge in [0.1, 0.15) is 0 Å². The third-order valence-electron chi connectivity index (χ3n) is 4.60. The summed E-state index contributed by atoms with van der Waals surface area (Å²) in [6.45, 7) is 6.86. The van der Waals surface area contributed by atoms with Crippen molar-refractivity contribution in [2.24, 2.45) is 0 Å². The maximum absolute atomic E-state index is 2.42. The predicted octanol–water partition coefficient (Wildman–Crippen LogP) is 6.21. The van der Waals surface area contributed by atoms with Crippen LogP contribution >= 0.6 is 0 Å². The van der Waals surface area contributed by atoms with Crippen LogP contribution in [0.4, 0.5) is 0 Å². The van der Waals surface area contributed by atoms with Crippen LogP contribution in [0.15, 0.2) is 72.8 Å². The van der Waals surface area contributed by atoms with Crippen LogP contribution in [0.3, 0.4) is 0 Å². The van der Waals surface area contributed by atoms with E-state index in [4.69, 9.17) is 0 Å². The molecule has 0 spiro atoms. The molecule has 0 aliphatic rings. The van der Waals surface area contributed by atoms with Crippen LogP contribution in [0, 0.1) is 6.92 Å². The summed E-state index contributed by atoms with van der Waals surface area (Å²) in [7, 11) is 0. The topological polar surface area (TPSA) is 0 Å². The fourth-order valence-electron chi connectivity index (χ4n) is 3.31. The molecule has 0 saturated carbocycles. The first-order valence-corrected chi connectivity index (χ1v) is 12.2. The van der Waals surface area contributed by atoms with E-state index in [2.05, 4.69) is 93.6 Å². The molecule has 0 fully saturated rings. The van der Waals surface area contributed by atoms with E-state index in [1.54, 1.807) is 0 Å². The Morgan fingerprint density at radius 2 is 1.12 bits per heavy atom. The summed E-state index contributed by atoms with van der Waals surface area (Å²) in [5.41, 5.74) is 8.49. The number of hydrogen-bond acceptors (Lipinski definition) is 0. The fraction of sp³-hybridized carbons (Fsp3) is 0.280. The van der Waals surface area contributed by atoms with Gasteiger partial charge >= 0.3 is 152 Å². The molecule has 0 heterocycles. The molecule has 0 aliphatic heterocycles. The monoisotopic (exact) mass is 402 g/mol. The van der Waals surface area contributed by atoms with Gasteiger partial charge in [0.05, 0.1) is 0 Å². The molecule has 0 saturated heterocycles. The van der Waals surface area contributed by atoms with E-state index in [1.807, 2.05) is 0 Å². The van der Waals surface area contributed by atoms with Gasteiger partial charge in [0.25, 0.3) is 0 Å². The Kier molecular flexibility index (Phi) is 6.74. The summed E-state index contributed by atoms with van der Waals surface area (Å²) in [6, 6.07) is 27.1. The molecule has 0 amide bonds. The van der Waals surface area contributed by atoms with Gasteiger partial charge in [-0.25, -0.2) is 0 Å². The molecule has 26 heavy (non-hydrogen) atoms. The van der Waals surface area contributed by atoms with Crippen molar-refractivity contribution in [2.75, 3.05) is 0 Å². The van der Waals surface area contributed by atoms with Crippen LogP contribution in [0.25, 0.3) is 0 Å². The average Bonchev–Trinajstić information content (AvgIpc) is 2.61. The number of rotatable bonds is 7. The molecule has 0 aromatic heterocycles. The van der Waals surface area contributed by atoms with Crippen molar-refractivity contribution < 1.29 is 0 Å². The third kappa shape index (κ3) is 5.88. The normalized spacial score (nSPS) is 11.1. The Hall–Kier alpha value is -1.80. The van der Waals surface area contributed by atoms with E-state index in [0.29, 0.717) is 0 Å². The third-order valence-corrected chi connectivity index (χ3v) is 7.59. The first-order valence-electron chi connectivity index (χ1n) is 9.53. The molecule has 132 valence electrons. The Morgan fingerprint density at radius 3 is 1.65 bits per heavy atom.